The normalized spacial score (nSPS) is 11.8. The Hall–Kier alpha value is -1.14. The predicted octanol–water partition coefficient (Wildman–Crippen LogP) is 15.9. The van der Waals surface area contributed by atoms with Gasteiger partial charge in [-0.2, -0.15) is 0 Å². The van der Waals surface area contributed by atoms with E-state index < -0.39 is 12.1 Å². The lowest BCUT2D eigenvalue weighted by Crippen LogP contribution is -2.40. The van der Waals surface area contributed by atoms with Crippen LogP contribution in [0.2, 0.25) is 0 Å². The quantitative estimate of drug-likeness (QED) is 0.0362. The molecule has 2 N–H and O–H groups in total. The van der Waals surface area contributed by atoms with Gasteiger partial charge in [0, 0.05) is 25.7 Å². The highest BCUT2D eigenvalue weighted by molar-refractivity contribution is 5.72. The first-order chi connectivity index (χ1) is 27.4. The van der Waals surface area contributed by atoms with Gasteiger partial charge in [-0.15, -0.1) is 0 Å². The van der Waals surface area contributed by atoms with Crippen LogP contribution in [0.5, 0.6) is 0 Å². The Bertz CT molecular complexity index is 775. The maximum atomic E-state index is 13.5. The SMILES string of the molecule is CCCCCCCCCCCCC(=O)OC(CCCCCCCCCCC)(CCCCCCCCCCCC(O)O)OC(=O)CCCCCCCCCCCC. The third-order valence-electron chi connectivity index (χ3n) is 11.7. The average molecular weight is 795 g/mol. The van der Waals surface area contributed by atoms with Gasteiger partial charge in [-0.05, 0) is 38.5 Å². The molecule has 6 nitrogen and oxygen atoms in total. The topological polar surface area (TPSA) is 93.1 Å². The lowest BCUT2D eigenvalue weighted by Gasteiger charge is -2.33. The molecule has 0 amide bonds. The standard InChI is InChI=1S/C50H98O6/c1-4-7-10-13-16-19-23-28-33-38-43-48(53)55-50(45-40-35-30-25-18-15-12-9-6-3,46-41-36-31-26-21-22-27-32-37-42-47(51)52)56-49(54)44-39-34-29-24-20-17-14-11-8-5-2/h47,51-52H,4-46H2,1-3H3. The van der Waals surface area contributed by atoms with Crippen molar-refractivity contribution in [3.05, 3.63) is 0 Å². The van der Waals surface area contributed by atoms with Gasteiger partial charge in [-0.1, -0.05) is 233 Å². The van der Waals surface area contributed by atoms with E-state index in [1.165, 1.54) is 167 Å². The summed E-state index contributed by atoms with van der Waals surface area (Å²) in [4.78, 5) is 26.9. The first kappa shape index (κ1) is 54.9. The number of rotatable bonds is 46. The van der Waals surface area contributed by atoms with Crippen LogP contribution < -0.4 is 0 Å². The summed E-state index contributed by atoms with van der Waals surface area (Å²) in [6, 6.07) is 0. The van der Waals surface area contributed by atoms with Crippen molar-refractivity contribution in [1.82, 2.24) is 0 Å². The highest BCUT2D eigenvalue weighted by atomic mass is 16.7. The van der Waals surface area contributed by atoms with E-state index in [1.54, 1.807) is 0 Å². The maximum absolute atomic E-state index is 13.5. The molecule has 0 radical (unpaired) electrons. The van der Waals surface area contributed by atoms with Crippen molar-refractivity contribution in [1.29, 1.82) is 0 Å². The minimum Gasteiger partial charge on any atom is -0.422 e. The molecule has 334 valence electrons. The van der Waals surface area contributed by atoms with Crippen LogP contribution in [-0.2, 0) is 19.1 Å². The summed E-state index contributed by atoms with van der Waals surface area (Å²) < 4.78 is 12.7. The lowest BCUT2D eigenvalue weighted by atomic mass is 9.98. The molecule has 0 saturated heterocycles. The zero-order valence-electron chi connectivity index (χ0n) is 38.0. The van der Waals surface area contributed by atoms with Crippen molar-refractivity contribution in [3.8, 4) is 0 Å². The van der Waals surface area contributed by atoms with Gasteiger partial charge in [0.2, 0.25) is 0 Å². The fourth-order valence-electron chi connectivity index (χ4n) is 8.04. The molecule has 0 unspecified atom stereocenters. The minimum atomic E-state index is -1.18. The van der Waals surface area contributed by atoms with Crippen molar-refractivity contribution in [2.45, 2.75) is 309 Å². The van der Waals surface area contributed by atoms with Crippen LogP contribution in [0.4, 0.5) is 0 Å². The van der Waals surface area contributed by atoms with E-state index >= 15 is 0 Å². The number of esters is 2. The number of carbonyl (C=O) groups is 2. The fraction of sp³-hybridized carbons (Fsp3) is 0.960. The lowest BCUT2D eigenvalue weighted by molar-refractivity contribution is -0.235. The highest BCUT2D eigenvalue weighted by Gasteiger charge is 2.37. The summed E-state index contributed by atoms with van der Waals surface area (Å²) in [6.45, 7) is 6.79. The van der Waals surface area contributed by atoms with Crippen LogP contribution in [0.15, 0.2) is 0 Å². The molecule has 0 atom stereocenters. The zero-order valence-corrected chi connectivity index (χ0v) is 38.0. The monoisotopic (exact) mass is 795 g/mol. The Morgan fingerprint density at radius 3 is 0.857 bits per heavy atom. The van der Waals surface area contributed by atoms with Crippen LogP contribution in [0.3, 0.4) is 0 Å². The third-order valence-corrected chi connectivity index (χ3v) is 11.7. The van der Waals surface area contributed by atoms with E-state index in [1.807, 2.05) is 0 Å². The average Bonchev–Trinajstić information content (AvgIpc) is 3.17. The molecule has 0 spiro atoms. The number of ether oxygens (including phenoxy) is 2. The molecule has 0 saturated carbocycles. The number of carbonyl (C=O) groups excluding carboxylic acids is 2. The number of hydrogen-bond donors (Lipinski definition) is 2. The van der Waals surface area contributed by atoms with Crippen LogP contribution in [0.25, 0.3) is 0 Å². The second-order valence-electron chi connectivity index (χ2n) is 17.5. The second-order valence-corrected chi connectivity index (χ2v) is 17.5. The van der Waals surface area contributed by atoms with Gasteiger partial charge in [-0.25, -0.2) is 0 Å². The van der Waals surface area contributed by atoms with Crippen LogP contribution in [-0.4, -0.2) is 34.2 Å². The molecule has 0 fully saturated rings. The van der Waals surface area contributed by atoms with Crippen molar-refractivity contribution in [3.63, 3.8) is 0 Å². The Labute approximate surface area is 349 Å². The maximum Gasteiger partial charge on any atom is 0.309 e. The third kappa shape index (κ3) is 39.7. The van der Waals surface area contributed by atoms with Crippen molar-refractivity contribution in [2.24, 2.45) is 0 Å². The molecular weight excluding hydrogens is 697 g/mol. The highest BCUT2D eigenvalue weighted by Crippen LogP contribution is 2.31. The number of hydrogen-bond acceptors (Lipinski definition) is 6. The molecule has 56 heavy (non-hydrogen) atoms. The Morgan fingerprint density at radius 1 is 0.357 bits per heavy atom. The molecule has 0 aliphatic carbocycles. The van der Waals surface area contributed by atoms with E-state index in [0.29, 0.717) is 32.1 Å². The summed E-state index contributed by atoms with van der Waals surface area (Å²) in [7, 11) is 0. The first-order valence-corrected chi connectivity index (χ1v) is 25.2. The van der Waals surface area contributed by atoms with Crippen molar-refractivity contribution >= 4 is 11.9 Å². The zero-order chi connectivity index (χ0) is 41.1. The summed E-state index contributed by atoms with van der Waals surface area (Å²) in [6.07, 6.45) is 46.5. The van der Waals surface area contributed by atoms with E-state index in [9.17, 15) is 9.59 Å². The molecule has 6 heteroatoms. The smallest absolute Gasteiger partial charge is 0.309 e. The molecule has 0 aromatic carbocycles. The minimum absolute atomic E-state index is 0.194. The first-order valence-electron chi connectivity index (χ1n) is 25.2. The molecule has 0 aromatic rings. The molecule has 0 aliphatic rings. The largest absolute Gasteiger partial charge is 0.422 e. The van der Waals surface area contributed by atoms with Gasteiger partial charge in [0.1, 0.15) is 0 Å². The second kappa shape index (κ2) is 43.4. The van der Waals surface area contributed by atoms with Gasteiger partial charge in [0.15, 0.2) is 6.29 Å². The van der Waals surface area contributed by atoms with Gasteiger partial charge in [0.05, 0.1) is 0 Å². The summed E-state index contributed by atoms with van der Waals surface area (Å²) >= 11 is 0. The van der Waals surface area contributed by atoms with Gasteiger partial charge in [0.25, 0.3) is 5.79 Å². The number of unbranched alkanes of at least 4 members (excludes halogenated alkanes) is 34. The molecule has 0 aromatic heterocycles. The van der Waals surface area contributed by atoms with Crippen LogP contribution in [0, 0.1) is 0 Å². The summed E-state index contributed by atoms with van der Waals surface area (Å²) in [5.74, 6) is -1.52. The van der Waals surface area contributed by atoms with Gasteiger partial charge >= 0.3 is 11.9 Å². The van der Waals surface area contributed by atoms with Crippen LogP contribution in [0.1, 0.15) is 297 Å². The molecule has 0 heterocycles. The molecule has 0 rings (SSSR count). The van der Waals surface area contributed by atoms with Gasteiger partial charge < -0.3 is 19.7 Å². The predicted molar refractivity (Wildman–Crippen MR) is 239 cm³/mol. The van der Waals surface area contributed by atoms with E-state index in [-0.39, 0.29) is 11.9 Å². The van der Waals surface area contributed by atoms with Gasteiger partial charge in [-0.3, -0.25) is 9.59 Å². The van der Waals surface area contributed by atoms with E-state index in [4.69, 9.17) is 19.7 Å². The fourth-order valence-corrected chi connectivity index (χ4v) is 8.04. The summed E-state index contributed by atoms with van der Waals surface area (Å²) in [5, 5.41) is 18.1. The molecular formula is C50H98O6. The Kier molecular flexibility index (Phi) is 42.6. The van der Waals surface area contributed by atoms with Crippen LogP contribution >= 0.6 is 0 Å². The van der Waals surface area contributed by atoms with Crippen molar-refractivity contribution in [2.75, 3.05) is 0 Å². The van der Waals surface area contributed by atoms with E-state index in [2.05, 4.69) is 20.8 Å². The summed E-state index contributed by atoms with van der Waals surface area (Å²) in [5.41, 5.74) is 0. The number of aliphatic hydroxyl groups excluding tert-OH is 1. The number of aliphatic hydroxyl groups is 2. The molecule has 0 aliphatic heterocycles. The van der Waals surface area contributed by atoms with E-state index in [0.717, 1.165) is 77.0 Å². The Balaban J connectivity index is 5.19. The Morgan fingerprint density at radius 2 is 0.589 bits per heavy atom. The van der Waals surface area contributed by atoms with Crippen molar-refractivity contribution < 1.29 is 29.3 Å². The molecule has 0 bridgehead atoms.